The molecule has 1 aliphatic heterocycles. The first-order valence-electron chi connectivity index (χ1n) is 7.67. The first-order valence-corrected chi connectivity index (χ1v) is 9.15. The zero-order chi connectivity index (χ0) is 16.0. The molecule has 3 rings (SSSR count). The van der Waals surface area contributed by atoms with Crippen LogP contribution in [0.1, 0.15) is 39.2 Å². The van der Waals surface area contributed by atoms with Gasteiger partial charge in [-0.1, -0.05) is 0 Å². The Morgan fingerprint density at radius 3 is 2.68 bits per heavy atom. The summed E-state index contributed by atoms with van der Waals surface area (Å²) in [6.07, 6.45) is 4.42. The van der Waals surface area contributed by atoms with Crippen LogP contribution in [0.5, 0.6) is 0 Å². The number of ether oxygens (including phenoxy) is 1. The Labute approximate surface area is 130 Å². The molecule has 22 heavy (non-hydrogen) atoms. The molecular weight excluding hydrogens is 306 g/mol. The predicted molar refractivity (Wildman–Crippen MR) is 79.8 cm³/mol. The van der Waals surface area contributed by atoms with Crippen molar-refractivity contribution in [1.29, 1.82) is 0 Å². The highest BCUT2D eigenvalue weighted by Gasteiger charge is 2.56. The van der Waals surface area contributed by atoms with E-state index < -0.39 is 16.1 Å². The molecule has 8 heteroatoms. The Balaban J connectivity index is 1.76. The van der Waals surface area contributed by atoms with Crippen LogP contribution in [0, 0.1) is 5.41 Å². The van der Waals surface area contributed by atoms with Gasteiger partial charge in [0.1, 0.15) is 0 Å². The molecule has 0 unspecified atom stereocenters. The van der Waals surface area contributed by atoms with Crippen molar-refractivity contribution in [3.8, 4) is 0 Å². The van der Waals surface area contributed by atoms with Gasteiger partial charge < -0.3 is 14.4 Å². The molecule has 7 nitrogen and oxygen atoms in total. The summed E-state index contributed by atoms with van der Waals surface area (Å²) < 4.78 is 34.8. The van der Waals surface area contributed by atoms with Crippen LogP contribution in [-0.2, 0) is 14.8 Å². The number of aliphatic hydroxyl groups is 1. The van der Waals surface area contributed by atoms with Gasteiger partial charge in [-0.25, -0.2) is 18.1 Å². The van der Waals surface area contributed by atoms with Crippen molar-refractivity contribution in [2.45, 2.75) is 56.3 Å². The van der Waals surface area contributed by atoms with E-state index in [1.807, 2.05) is 13.8 Å². The molecule has 2 N–H and O–H groups in total. The van der Waals surface area contributed by atoms with E-state index in [4.69, 9.17) is 4.74 Å². The lowest BCUT2D eigenvalue weighted by atomic mass is 9.58. The first-order chi connectivity index (χ1) is 10.3. The molecule has 1 aliphatic carbocycles. The fraction of sp³-hybridized carbons (Fsp3) is 0.786. The molecular formula is C14H23N3O4S. The van der Waals surface area contributed by atoms with Crippen molar-refractivity contribution < 1.29 is 18.3 Å². The van der Waals surface area contributed by atoms with Crippen molar-refractivity contribution >= 4 is 10.0 Å². The summed E-state index contributed by atoms with van der Waals surface area (Å²) in [6.45, 7) is 5.06. The van der Waals surface area contributed by atoms with Crippen LogP contribution in [0.2, 0.25) is 0 Å². The van der Waals surface area contributed by atoms with Gasteiger partial charge in [0.05, 0.1) is 12.4 Å². The highest BCUT2D eigenvalue weighted by Crippen LogP contribution is 2.49. The van der Waals surface area contributed by atoms with Crippen LogP contribution in [0.4, 0.5) is 0 Å². The first kappa shape index (κ1) is 15.9. The van der Waals surface area contributed by atoms with Crippen LogP contribution < -0.4 is 4.72 Å². The topological polar surface area (TPSA) is 93.5 Å². The van der Waals surface area contributed by atoms with Crippen LogP contribution in [0.3, 0.4) is 0 Å². The molecule has 0 amide bonds. The average Bonchev–Trinajstić information content (AvgIpc) is 2.98. The lowest BCUT2D eigenvalue weighted by Crippen LogP contribution is -2.65. The molecule has 2 atom stereocenters. The summed E-state index contributed by atoms with van der Waals surface area (Å²) in [4.78, 5) is 4.00. The fourth-order valence-corrected chi connectivity index (χ4v) is 4.62. The van der Waals surface area contributed by atoms with Gasteiger partial charge in [-0.3, -0.25) is 0 Å². The number of hydrogen-bond donors (Lipinski definition) is 2. The third kappa shape index (κ3) is 2.58. The molecule has 0 bridgehead atoms. The number of nitrogens with one attached hydrogen (secondary N) is 1. The second-order valence-electron chi connectivity index (χ2n) is 6.52. The number of rotatable bonds is 4. The van der Waals surface area contributed by atoms with Crippen LogP contribution >= 0.6 is 0 Å². The third-order valence-corrected chi connectivity index (χ3v) is 6.34. The number of sulfonamides is 1. The minimum absolute atomic E-state index is 0.0322. The van der Waals surface area contributed by atoms with Gasteiger partial charge >= 0.3 is 0 Å². The lowest BCUT2D eigenvalue weighted by molar-refractivity contribution is -0.143. The average molecular weight is 329 g/mol. The highest BCUT2D eigenvalue weighted by atomic mass is 32.2. The second-order valence-corrected chi connectivity index (χ2v) is 8.18. The van der Waals surface area contributed by atoms with E-state index >= 15 is 0 Å². The Bertz CT molecular complexity index is 634. The van der Waals surface area contributed by atoms with Crippen LogP contribution in [0.15, 0.2) is 17.6 Å². The molecule has 1 aromatic rings. The van der Waals surface area contributed by atoms with Gasteiger partial charge in [0.2, 0.25) is 0 Å². The SMILES string of the molecule is CC(C)n1cnc(S(=O)(=O)N[C@@H]2C[C@@H](O)C23CCOCC3)c1. The smallest absolute Gasteiger partial charge is 0.259 e. The Hall–Kier alpha value is -0.960. The predicted octanol–water partition coefficient (Wildman–Crippen LogP) is 0.672. The quantitative estimate of drug-likeness (QED) is 0.847. The van der Waals surface area contributed by atoms with Crippen molar-refractivity contribution in [2.75, 3.05) is 13.2 Å². The standard InChI is InChI=1S/C14H23N3O4S/c1-10(2)17-8-13(15-9-17)22(19,20)16-11-7-12(18)14(11)3-5-21-6-4-14/h8-12,16,18H,3-7H2,1-2H3/t11-,12-/m1/s1. The van der Waals surface area contributed by atoms with Crippen LogP contribution in [-0.4, -0.2) is 48.4 Å². The van der Waals surface area contributed by atoms with Gasteiger partial charge in [-0.05, 0) is 33.1 Å². The molecule has 2 aliphatic rings. The largest absolute Gasteiger partial charge is 0.392 e. The van der Waals surface area contributed by atoms with E-state index in [0.717, 1.165) is 0 Å². The fourth-order valence-electron chi connectivity index (χ4n) is 3.35. The molecule has 124 valence electrons. The van der Waals surface area contributed by atoms with E-state index in [1.54, 1.807) is 10.8 Å². The van der Waals surface area contributed by atoms with Crippen molar-refractivity contribution in [1.82, 2.24) is 14.3 Å². The minimum Gasteiger partial charge on any atom is -0.392 e. The van der Waals surface area contributed by atoms with E-state index in [9.17, 15) is 13.5 Å². The lowest BCUT2D eigenvalue weighted by Gasteiger charge is -2.55. The number of aromatic nitrogens is 2. The van der Waals surface area contributed by atoms with Gasteiger partial charge in [0.15, 0.2) is 5.03 Å². The van der Waals surface area contributed by atoms with Gasteiger partial charge in [0.25, 0.3) is 10.0 Å². The number of nitrogens with zero attached hydrogens (tertiary/aromatic N) is 2. The molecule has 0 radical (unpaired) electrons. The van der Waals surface area contributed by atoms with Gasteiger partial charge in [-0.2, -0.15) is 0 Å². The Morgan fingerprint density at radius 1 is 1.45 bits per heavy atom. The third-order valence-electron chi connectivity index (χ3n) is 4.99. The maximum absolute atomic E-state index is 12.5. The number of aliphatic hydroxyl groups excluding tert-OH is 1. The maximum atomic E-state index is 12.5. The van der Waals surface area contributed by atoms with Gasteiger partial charge in [-0.15, -0.1) is 0 Å². The number of hydrogen-bond acceptors (Lipinski definition) is 5. The highest BCUT2D eigenvalue weighted by molar-refractivity contribution is 7.89. The minimum atomic E-state index is -3.67. The molecule has 1 saturated heterocycles. The van der Waals surface area contributed by atoms with E-state index in [0.29, 0.717) is 32.5 Å². The normalized spacial score (nSPS) is 28.0. The van der Waals surface area contributed by atoms with Crippen molar-refractivity contribution in [3.05, 3.63) is 12.5 Å². The summed E-state index contributed by atoms with van der Waals surface area (Å²) in [7, 11) is -3.67. The molecule has 2 heterocycles. The zero-order valence-corrected chi connectivity index (χ0v) is 13.7. The monoisotopic (exact) mass is 329 g/mol. The Kier molecular flexibility index (Phi) is 4.05. The summed E-state index contributed by atoms with van der Waals surface area (Å²) in [5, 5.41) is 10.2. The molecule has 1 aromatic heterocycles. The zero-order valence-electron chi connectivity index (χ0n) is 12.9. The molecule has 1 saturated carbocycles. The summed E-state index contributed by atoms with van der Waals surface area (Å²) in [5.41, 5.74) is -0.383. The van der Waals surface area contributed by atoms with Gasteiger partial charge in [0, 0.05) is 36.9 Å². The second kappa shape index (κ2) is 5.59. The molecule has 0 aromatic carbocycles. The van der Waals surface area contributed by atoms with Crippen LogP contribution in [0.25, 0.3) is 0 Å². The molecule has 1 spiro atoms. The van der Waals surface area contributed by atoms with Crippen molar-refractivity contribution in [3.63, 3.8) is 0 Å². The number of imidazole rings is 1. The molecule has 2 fully saturated rings. The van der Waals surface area contributed by atoms with Crippen molar-refractivity contribution in [2.24, 2.45) is 5.41 Å². The van der Waals surface area contributed by atoms with E-state index in [2.05, 4.69) is 9.71 Å². The Morgan fingerprint density at radius 2 is 2.14 bits per heavy atom. The summed E-state index contributed by atoms with van der Waals surface area (Å²) in [6, 6.07) is -0.0931. The van der Waals surface area contributed by atoms with E-state index in [1.165, 1.54) is 6.33 Å². The maximum Gasteiger partial charge on any atom is 0.259 e. The van der Waals surface area contributed by atoms with E-state index in [-0.39, 0.29) is 22.5 Å². The summed E-state index contributed by atoms with van der Waals surface area (Å²) >= 11 is 0. The summed E-state index contributed by atoms with van der Waals surface area (Å²) in [5.74, 6) is 0.